The first-order chi connectivity index (χ1) is 15.1. The van der Waals surface area contributed by atoms with E-state index in [1.165, 1.54) is 29.3 Å². The summed E-state index contributed by atoms with van der Waals surface area (Å²) in [7, 11) is 0. The lowest BCUT2D eigenvalue weighted by Crippen LogP contribution is -2.44. The lowest BCUT2D eigenvalue weighted by atomic mass is 10.0. The fourth-order valence-electron chi connectivity index (χ4n) is 3.68. The van der Waals surface area contributed by atoms with Crippen LogP contribution in [-0.2, 0) is 11.2 Å². The third kappa shape index (κ3) is 3.13. The molecule has 1 aliphatic heterocycles. The Morgan fingerprint density at radius 2 is 1.81 bits per heavy atom. The Morgan fingerprint density at radius 3 is 2.44 bits per heavy atom. The van der Waals surface area contributed by atoms with Crippen molar-refractivity contribution in [1.29, 1.82) is 0 Å². The Morgan fingerprint density at radius 1 is 1.12 bits per heavy atom. The standard InChI is InChI=1S/C22H17F2N5O2S/c1-5-12-8-18(30)27-11-14(10-16(24)19(27)26-12)29-21(32)28(20(31)22(29,2)3)13-6-7-17(25-4)15(23)9-13/h6-11H,5H2,1-3H3. The Bertz CT molecular complexity index is 1410. The highest BCUT2D eigenvalue weighted by Gasteiger charge is 2.50. The van der Waals surface area contributed by atoms with E-state index >= 15 is 0 Å². The van der Waals surface area contributed by atoms with Crippen molar-refractivity contribution in [2.75, 3.05) is 9.80 Å². The molecule has 0 radical (unpaired) electrons. The summed E-state index contributed by atoms with van der Waals surface area (Å²) < 4.78 is 30.2. The quantitative estimate of drug-likeness (QED) is 0.443. The van der Waals surface area contributed by atoms with Crippen molar-refractivity contribution < 1.29 is 13.6 Å². The monoisotopic (exact) mass is 453 g/mol. The van der Waals surface area contributed by atoms with Crippen LogP contribution in [0, 0.1) is 18.2 Å². The Labute approximate surface area is 187 Å². The molecule has 2 aromatic heterocycles. The second-order valence-electron chi connectivity index (χ2n) is 7.74. The molecule has 1 amide bonds. The molecule has 3 aromatic rings. The van der Waals surface area contributed by atoms with Crippen LogP contribution in [0.25, 0.3) is 10.5 Å². The molecule has 0 N–H and O–H groups in total. The predicted octanol–water partition coefficient (Wildman–Crippen LogP) is 4.00. The third-order valence-electron chi connectivity index (χ3n) is 5.35. The third-order valence-corrected chi connectivity index (χ3v) is 5.72. The Kier molecular flexibility index (Phi) is 5.02. The zero-order valence-corrected chi connectivity index (χ0v) is 18.2. The van der Waals surface area contributed by atoms with Crippen LogP contribution in [0.5, 0.6) is 0 Å². The fraction of sp³-hybridized carbons (Fsp3) is 0.227. The molecule has 0 atom stereocenters. The number of halogens is 2. The maximum absolute atomic E-state index is 15.0. The second kappa shape index (κ2) is 7.46. The van der Waals surface area contributed by atoms with Crippen molar-refractivity contribution in [3.63, 3.8) is 0 Å². The predicted molar refractivity (Wildman–Crippen MR) is 120 cm³/mol. The molecule has 0 aliphatic carbocycles. The van der Waals surface area contributed by atoms with E-state index in [0.717, 1.165) is 21.4 Å². The van der Waals surface area contributed by atoms with Gasteiger partial charge in [0.15, 0.2) is 16.6 Å². The number of pyridine rings is 1. The van der Waals surface area contributed by atoms with Gasteiger partial charge in [0.25, 0.3) is 11.5 Å². The van der Waals surface area contributed by atoms with Crippen LogP contribution in [0.1, 0.15) is 26.5 Å². The van der Waals surface area contributed by atoms with E-state index in [1.54, 1.807) is 13.8 Å². The molecule has 0 bridgehead atoms. The van der Waals surface area contributed by atoms with Gasteiger partial charge in [-0.05, 0) is 44.6 Å². The number of nitrogens with zero attached hydrogens (tertiary/aromatic N) is 5. The number of carbonyl (C=O) groups is 1. The highest BCUT2D eigenvalue weighted by atomic mass is 32.1. The van der Waals surface area contributed by atoms with Crippen molar-refractivity contribution >= 4 is 45.9 Å². The van der Waals surface area contributed by atoms with Gasteiger partial charge in [-0.25, -0.2) is 18.6 Å². The molecular formula is C22H17F2N5O2S. The average molecular weight is 453 g/mol. The van der Waals surface area contributed by atoms with Crippen LogP contribution >= 0.6 is 12.2 Å². The molecule has 10 heteroatoms. The van der Waals surface area contributed by atoms with Crippen molar-refractivity contribution in [3.8, 4) is 0 Å². The van der Waals surface area contributed by atoms with Gasteiger partial charge in [-0.3, -0.25) is 18.9 Å². The van der Waals surface area contributed by atoms with E-state index in [2.05, 4.69) is 9.83 Å². The lowest BCUT2D eigenvalue weighted by Gasteiger charge is -2.29. The first kappa shape index (κ1) is 21.5. The van der Waals surface area contributed by atoms with Crippen molar-refractivity contribution in [3.05, 3.63) is 75.6 Å². The smallest absolute Gasteiger partial charge is 0.259 e. The van der Waals surface area contributed by atoms with Crippen molar-refractivity contribution in [1.82, 2.24) is 9.38 Å². The average Bonchev–Trinajstić information content (AvgIpc) is 2.92. The van der Waals surface area contributed by atoms with E-state index in [-0.39, 0.29) is 27.8 Å². The number of hydrogen-bond acceptors (Lipinski definition) is 4. The number of aryl methyl sites for hydroxylation is 1. The minimum Gasteiger partial charge on any atom is -0.302 e. The van der Waals surface area contributed by atoms with Gasteiger partial charge in [0.05, 0.1) is 17.9 Å². The van der Waals surface area contributed by atoms with Gasteiger partial charge >= 0.3 is 0 Å². The first-order valence-electron chi connectivity index (χ1n) is 9.67. The normalized spacial score (nSPS) is 15.5. The zero-order chi connectivity index (χ0) is 23.4. The van der Waals surface area contributed by atoms with Gasteiger partial charge in [-0.1, -0.05) is 13.0 Å². The molecule has 4 rings (SSSR count). The van der Waals surface area contributed by atoms with E-state index in [0.29, 0.717) is 12.1 Å². The number of aromatic nitrogens is 2. The molecule has 1 aliphatic rings. The zero-order valence-electron chi connectivity index (χ0n) is 17.4. The van der Waals surface area contributed by atoms with Crippen LogP contribution in [0.15, 0.2) is 41.3 Å². The molecule has 1 aromatic carbocycles. The largest absolute Gasteiger partial charge is 0.302 e. The van der Waals surface area contributed by atoms with Gasteiger partial charge in [0.1, 0.15) is 11.4 Å². The van der Waals surface area contributed by atoms with Gasteiger partial charge in [0, 0.05) is 24.0 Å². The Balaban J connectivity index is 1.86. The summed E-state index contributed by atoms with van der Waals surface area (Å²) in [5, 5.41) is -0.0140. The summed E-state index contributed by atoms with van der Waals surface area (Å²) in [6.45, 7) is 12.0. The molecular weight excluding hydrogens is 436 g/mol. The molecule has 0 unspecified atom stereocenters. The number of amides is 1. The molecule has 3 heterocycles. The number of hydrogen-bond donors (Lipinski definition) is 0. The van der Waals surface area contributed by atoms with E-state index in [4.69, 9.17) is 18.8 Å². The minimum absolute atomic E-state index is 0.0140. The van der Waals surface area contributed by atoms with Gasteiger partial charge in [-0.15, -0.1) is 0 Å². The number of thiocarbonyl (C=S) groups is 1. The minimum atomic E-state index is -1.26. The number of fused-ring (bicyclic) bond motifs is 1. The molecule has 32 heavy (non-hydrogen) atoms. The number of carbonyl (C=O) groups excluding carboxylic acids is 1. The van der Waals surface area contributed by atoms with E-state index in [1.807, 2.05) is 6.92 Å². The van der Waals surface area contributed by atoms with E-state index in [9.17, 15) is 18.4 Å². The molecule has 1 saturated heterocycles. The SMILES string of the molecule is [C-]#[N+]c1ccc(N2C(=O)C(C)(C)N(c3cc(F)c4nc(CC)cc(=O)n4c3)C2=S)cc1F. The highest BCUT2D eigenvalue weighted by Crippen LogP contribution is 2.37. The van der Waals surface area contributed by atoms with Crippen LogP contribution in [0.3, 0.4) is 0 Å². The Hall–Kier alpha value is -3.71. The summed E-state index contributed by atoms with van der Waals surface area (Å²) in [4.78, 5) is 35.5. The summed E-state index contributed by atoms with van der Waals surface area (Å²) in [5.41, 5.74) is -1.24. The van der Waals surface area contributed by atoms with Crippen molar-refractivity contribution in [2.45, 2.75) is 32.7 Å². The topological polar surface area (TPSA) is 62.3 Å². The first-order valence-corrected chi connectivity index (χ1v) is 10.1. The van der Waals surface area contributed by atoms with Crippen LogP contribution < -0.4 is 15.4 Å². The van der Waals surface area contributed by atoms with Crippen LogP contribution in [0.2, 0.25) is 0 Å². The lowest BCUT2D eigenvalue weighted by molar-refractivity contribution is -0.120. The molecule has 162 valence electrons. The molecule has 1 fully saturated rings. The summed E-state index contributed by atoms with van der Waals surface area (Å²) in [5.74, 6) is -2.00. The van der Waals surface area contributed by atoms with E-state index < -0.39 is 28.6 Å². The fourth-order valence-corrected chi connectivity index (χ4v) is 4.20. The number of benzene rings is 1. The summed E-state index contributed by atoms with van der Waals surface area (Å²) in [6, 6.07) is 6.22. The van der Waals surface area contributed by atoms with Crippen LogP contribution in [-0.4, -0.2) is 25.9 Å². The summed E-state index contributed by atoms with van der Waals surface area (Å²) in [6.07, 6.45) is 1.85. The van der Waals surface area contributed by atoms with Crippen LogP contribution in [0.4, 0.5) is 25.8 Å². The number of anilines is 2. The maximum Gasteiger partial charge on any atom is 0.259 e. The summed E-state index contributed by atoms with van der Waals surface area (Å²) >= 11 is 5.52. The van der Waals surface area contributed by atoms with Crippen molar-refractivity contribution in [2.24, 2.45) is 0 Å². The number of rotatable bonds is 3. The van der Waals surface area contributed by atoms with Gasteiger partial charge in [0.2, 0.25) is 5.69 Å². The molecule has 0 saturated carbocycles. The van der Waals surface area contributed by atoms with Gasteiger partial charge in [-0.2, -0.15) is 0 Å². The molecule has 7 nitrogen and oxygen atoms in total. The second-order valence-corrected chi connectivity index (χ2v) is 8.11. The van der Waals surface area contributed by atoms with Gasteiger partial charge < -0.3 is 4.90 Å². The molecule has 0 spiro atoms. The maximum atomic E-state index is 15.0. The highest BCUT2D eigenvalue weighted by molar-refractivity contribution is 7.81.